The molecule has 0 spiro atoms. The number of halogens is 2. The van der Waals surface area contributed by atoms with Crippen molar-refractivity contribution in [3.8, 4) is 11.5 Å². The Bertz CT molecular complexity index is 589. The number of benzene rings is 1. The summed E-state index contributed by atoms with van der Waals surface area (Å²) < 4.78 is 37.7. The van der Waals surface area contributed by atoms with E-state index in [1.165, 1.54) is 0 Å². The number of aliphatic hydroxyl groups is 1. The molecule has 1 aromatic carbocycles. The lowest BCUT2D eigenvalue weighted by molar-refractivity contribution is -0.0566. The highest BCUT2D eigenvalue weighted by molar-refractivity contribution is 5.43. The molecule has 0 bridgehead atoms. The molecule has 0 saturated carbocycles. The zero-order valence-corrected chi connectivity index (χ0v) is 16.8. The van der Waals surface area contributed by atoms with Gasteiger partial charge in [-0.3, -0.25) is 4.90 Å². The lowest BCUT2D eigenvalue weighted by Gasteiger charge is -2.31. The molecule has 1 atom stereocenters. The number of likely N-dealkylation sites (N-methyl/N-ethyl adjacent to an activating group) is 1. The number of ether oxygens (including phenoxy) is 2. The van der Waals surface area contributed by atoms with E-state index < -0.39 is 12.0 Å². The van der Waals surface area contributed by atoms with Gasteiger partial charge in [-0.2, -0.15) is 0 Å². The normalized spacial score (nSPS) is 18.7. The van der Waals surface area contributed by atoms with Gasteiger partial charge in [-0.1, -0.05) is 6.07 Å². The number of nitrogens with zero attached hydrogens (tertiary/aromatic N) is 2. The SMILES string of the molecule is COc1cc(CN2CCC(F)(F)CC2)ccc1OC[C@@H](O)CN(C)C(C)C. The second kappa shape index (κ2) is 9.66. The van der Waals surface area contributed by atoms with Crippen molar-refractivity contribution in [1.82, 2.24) is 9.80 Å². The zero-order valence-electron chi connectivity index (χ0n) is 16.8. The summed E-state index contributed by atoms with van der Waals surface area (Å²) in [4.78, 5) is 4.08. The van der Waals surface area contributed by atoms with E-state index in [1.54, 1.807) is 7.11 Å². The minimum Gasteiger partial charge on any atom is -0.493 e. The Kier molecular flexibility index (Phi) is 7.82. The van der Waals surface area contributed by atoms with Crippen LogP contribution in [-0.2, 0) is 6.54 Å². The molecule has 1 heterocycles. The molecule has 1 saturated heterocycles. The van der Waals surface area contributed by atoms with Crippen LogP contribution in [0.4, 0.5) is 8.78 Å². The van der Waals surface area contributed by atoms with Crippen molar-refractivity contribution in [2.24, 2.45) is 0 Å². The molecular weight excluding hydrogens is 354 g/mol. The van der Waals surface area contributed by atoms with Crippen molar-refractivity contribution in [3.05, 3.63) is 23.8 Å². The number of hydrogen-bond donors (Lipinski definition) is 1. The molecule has 7 heteroatoms. The van der Waals surface area contributed by atoms with E-state index >= 15 is 0 Å². The van der Waals surface area contributed by atoms with E-state index in [4.69, 9.17) is 9.47 Å². The van der Waals surface area contributed by atoms with Gasteiger partial charge in [0.15, 0.2) is 11.5 Å². The number of alkyl halides is 2. The van der Waals surface area contributed by atoms with Crippen molar-refractivity contribution < 1.29 is 23.4 Å². The number of hydrogen-bond acceptors (Lipinski definition) is 5. The van der Waals surface area contributed by atoms with Crippen LogP contribution in [0.15, 0.2) is 18.2 Å². The first-order chi connectivity index (χ1) is 12.7. The molecule has 1 N–H and O–H groups in total. The van der Waals surface area contributed by atoms with Crippen LogP contribution < -0.4 is 9.47 Å². The largest absolute Gasteiger partial charge is 0.493 e. The molecule has 1 aromatic rings. The summed E-state index contributed by atoms with van der Waals surface area (Å²) in [6, 6.07) is 5.94. The van der Waals surface area contributed by atoms with E-state index in [1.807, 2.05) is 30.1 Å². The summed E-state index contributed by atoms with van der Waals surface area (Å²) >= 11 is 0. The Balaban J connectivity index is 1.90. The zero-order chi connectivity index (χ0) is 20.0. The lowest BCUT2D eigenvalue weighted by Crippen LogP contribution is -2.38. The Morgan fingerprint density at radius 3 is 2.48 bits per heavy atom. The van der Waals surface area contributed by atoms with Gasteiger partial charge in [0.25, 0.3) is 5.92 Å². The molecule has 27 heavy (non-hydrogen) atoms. The van der Waals surface area contributed by atoms with Crippen LogP contribution in [0, 0.1) is 0 Å². The molecule has 0 radical (unpaired) electrons. The average molecular weight is 386 g/mol. The van der Waals surface area contributed by atoms with Gasteiger partial charge in [0.1, 0.15) is 12.7 Å². The molecule has 1 aliphatic rings. The van der Waals surface area contributed by atoms with Gasteiger partial charge in [0.05, 0.1) is 7.11 Å². The fourth-order valence-corrected chi connectivity index (χ4v) is 3.01. The number of rotatable bonds is 9. The molecule has 1 aliphatic heterocycles. The average Bonchev–Trinajstić information content (AvgIpc) is 2.62. The standard InChI is InChI=1S/C20H32F2N2O3/c1-15(2)23(3)13-17(25)14-27-18-6-5-16(11-19(18)26-4)12-24-9-7-20(21,22)8-10-24/h5-6,11,15,17,25H,7-10,12-14H2,1-4H3/t17-/m0/s1. The molecule has 0 unspecified atom stereocenters. The molecule has 5 nitrogen and oxygen atoms in total. The van der Waals surface area contributed by atoms with Gasteiger partial charge < -0.3 is 19.5 Å². The third kappa shape index (κ3) is 6.90. The minimum atomic E-state index is -2.53. The summed E-state index contributed by atoms with van der Waals surface area (Å²) in [6.07, 6.45) is -0.779. The molecule has 2 rings (SSSR count). The van der Waals surface area contributed by atoms with Gasteiger partial charge in [0, 0.05) is 45.1 Å². The van der Waals surface area contributed by atoms with Gasteiger partial charge in [0.2, 0.25) is 0 Å². The predicted molar refractivity (Wildman–Crippen MR) is 102 cm³/mol. The van der Waals surface area contributed by atoms with E-state index in [0.29, 0.717) is 43.7 Å². The quantitative estimate of drug-likeness (QED) is 0.707. The minimum absolute atomic E-state index is 0.0892. The van der Waals surface area contributed by atoms with E-state index in [9.17, 15) is 13.9 Å². The van der Waals surface area contributed by atoms with Crippen molar-refractivity contribution in [2.75, 3.05) is 40.4 Å². The van der Waals surface area contributed by atoms with E-state index in [-0.39, 0.29) is 19.4 Å². The van der Waals surface area contributed by atoms with Gasteiger partial charge in [-0.05, 0) is 38.6 Å². The van der Waals surface area contributed by atoms with Crippen molar-refractivity contribution in [1.29, 1.82) is 0 Å². The smallest absolute Gasteiger partial charge is 0.250 e. The van der Waals surface area contributed by atoms with Crippen molar-refractivity contribution in [2.45, 2.75) is 51.3 Å². The number of aliphatic hydroxyl groups excluding tert-OH is 1. The maximum absolute atomic E-state index is 13.3. The van der Waals surface area contributed by atoms with Crippen LogP contribution >= 0.6 is 0 Å². The molecule has 0 aliphatic carbocycles. The lowest BCUT2D eigenvalue weighted by atomic mass is 10.1. The first-order valence-electron chi connectivity index (χ1n) is 9.48. The van der Waals surface area contributed by atoms with E-state index in [2.05, 4.69) is 18.7 Å². The van der Waals surface area contributed by atoms with Crippen LogP contribution in [0.5, 0.6) is 11.5 Å². The highest BCUT2D eigenvalue weighted by atomic mass is 19.3. The van der Waals surface area contributed by atoms with Crippen LogP contribution in [0.2, 0.25) is 0 Å². The molecule has 0 amide bonds. The summed E-state index contributed by atoms with van der Waals surface area (Å²) in [7, 11) is 3.52. The number of methoxy groups -OCH3 is 1. The summed E-state index contributed by atoms with van der Waals surface area (Å²) in [5.41, 5.74) is 0.990. The second-order valence-corrected chi connectivity index (χ2v) is 7.62. The Hall–Kier alpha value is -1.44. The molecular formula is C20H32F2N2O3. The number of piperidine rings is 1. The number of likely N-dealkylation sites (tertiary alicyclic amines) is 1. The molecule has 0 aromatic heterocycles. The van der Waals surface area contributed by atoms with Crippen LogP contribution in [0.3, 0.4) is 0 Å². The maximum Gasteiger partial charge on any atom is 0.250 e. The summed E-state index contributed by atoms with van der Waals surface area (Å²) in [5.74, 6) is -1.38. The Morgan fingerprint density at radius 2 is 1.89 bits per heavy atom. The van der Waals surface area contributed by atoms with Crippen LogP contribution in [0.25, 0.3) is 0 Å². The fourth-order valence-electron chi connectivity index (χ4n) is 3.01. The Labute approximate surface area is 160 Å². The monoisotopic (exact) mass is 386 g/mol. The second-order valence-electron chi connectivity index (χ2n) is 7.62. The van der Waals surface area contributed by atoms with Gasteiger partial charge >= 0.3 is 0 Å². The third-order valence-corrected chi connectivity index (χ3v) is 5.03. The first kappa shape index (κ1) is 21.9. The maximum atomic E-state index is 13.3. The first-order valence-corrected chi connectivity index (χ1v) is 9.48. The molecule has 154 valence electrons. The summed E-state index contributed by atoms with van der Waals surface area (Å²) in [6.45, 7) is 6.23. The third-order valence-electron chi connectivity index (χ3n) is 5.03. The van der Waals surface area contributed by atoms with Gasteiger partial charge in [-0.15, -0.1) is 0 Å². The topological polar surface area (TPSA) is 45.2 Å². The highest BCUT2D eigenvalue weighted by Crippen LogP contribution is 2.31. The van der Waals surface area contributed by atoms with Crippen LogP contribution in [-0.4, -0.2) is 73.4 Å². The summed E-state index contributed by atoms with van der Waals surface area (Å²) in [5, 5.41) is 10.1. The highest BCUT2D eigenvalue weighted by Gasteiger charge is 2.33. The predicted octanol–water partition coefficient (Wildman–Crippen LogP) is 3.01. The fraction of sp³-hybridized carbons (Fsp3) is 0.700. The Morgan fingerprint density at radius 1 is 1.22 bits per heavy atom. The van der Waals surface area contributed by atoms with E-state index in [0.717, 1.165) is 5.56 Å². The van der Waals surface area contributed by atoms with Crippen LogP contribution in [0.1, 0.15) is 32.3 Å². The van der Waals surface area contributed by atoms with Crippen molar-refractivity contribution in [3.63, 3.8) is 0 Å². The molecule has 1 fully saturated rings. The van der Waals surface area contributed by atoms with Crippen molar-refractivity contribution >= 4 is 0 Å². The van der Waals surface area contributed by atoms with Gasteiger partial charge in [-0.25, -0.2) is 8.78 Å².